The molecule has 0 saturated heterocycles. The molecule has 2 N–H and O–H groups in total. The van der Waals surface area contributed by atoms with Gasteiger partial charge in [-0.25, -0.2) is 14.1 Å². The van der Waals surface area contributed by atoms with Crippen LogP contribution >= 0.6 is 0 Å². The quantitative estimate of drug-likeness (QED) is 0.543. The van der Waals surface area contributed by atoms with E-state index in [1.165, 1.54) is 18.5 Å². The summed E-state index contributed by atoms with van der Waals surface area (Å²) in [6.45, 7) is 1.97. The minimum absolute atomic E-state index is 0.130. The van der Waals surface area contributed by atoms with Gasteiger partial charge in [0, 0.05) is 5.69 Å². The van der Waals surface area contributed by atoms with E-state index in [9.17, 15) is 14.0 Å². The van der Waals surface area contributed by atoms with Crippen molar-refractivity contribution < 1.29 is 9.18 Å². The van der Waals surface area contributed by atoms with Crippen molar-refractivity contribution in [1.82, 2.24) is 25.0 Å². The Labute approximate surface area is 164 Å². The van der Waals surface area contributed by atoms with Crippen molar-refractivity contribution in [3.05, 3.63) is 82.4 Å². The van der Waals surface area contributed by atoms with E-state index in [1.54, 1.807) is 41.2 Å². The number of amides is 1. The van der Waals surface area contributed by atoms with Crippen molar-refractivity contribution in [3.8, 4) is 0 Å². The van der Waals surface area contributed by atoms with Crippen molar-refractivity contribution >= 4 is 22.5 Å². The zero-order valence-corrected chi connectivity index (χ0v) is 15.5. The Morgan fingerprint density at radius 2 is 2.03 bits per heavy atom. The number of anilines is 1. The molecule has 146 valence electrons. The first-order chi connectivity index (χ1) is 14.0. The third-order valence-corrected chi connectivity index (χ3v) is 4.60. The van der Waals surface area contributed by atoms with E-state index in [4.69, 9.17) is 0 Å². The van der Waals surface area contributed by atoms with Crippen molar-refractivity contribution in [1.29, 1.82) is 0 Å². The highest BCUT2D eigenvalue weighted by atomic mass is 19.1. The fourth-order valence-corrected chi connectivity index (χ4v) is 3.14. The highest BCUT2D eigenvalue weighted by Crippen LogP contribution is 2.22. The molecule has 0 aliphatic rings. The van der Waals surface area contributed by atoms with E-state index in [0.717, 1.165) is 5.56 Å². The third-order valence-electron chi connectivity index (χ3n) is 4.60. The summed E-state index contributed by atoms with van der Waals surface area (Å²) in [5, 5.41) is 11.1. The topological polar surface area (TPSA) is 106 Å². The highest BCUT2D eigenvalue weighted by molar-refractivity contribution is 6.03. The Morgan fingerprint density at radius 1 is 1.24 bits per heavy atom. The fourth-order valence-electron chi connectivity index (χ4n) is 3.14. The number of benzene rings is 2. The number of nitrogens with zero attached hydrogens (tertiary/aromatic N) is 4. The number of H-pyrrole nitrogens is 1. The Balaban J connectivity index is 1.56. The average Bonchev–Trinajstić information content (AvgIpc) is 3.21. The van der Waals surface area contributed by atoms with Gasteiger partial charge < -0.3 is 10.3 Å². The number of hydrogen-bond donors (Lipinski definition) is 2. The molecular weight excluding hydrogens is 375 g/mol. The molecule has 2 aromatic carbocycles. The molecule has 0 saturated carbocycles. The molecule has 0 unspecified atom stereocenters. The number of rotatable bonds is 5. The van der Waals surface area contributed by atoms with Gasteiger partial charge >= 0.3 is 0 Å². The molecule has 0 radical (unpaired) electrons. The minimum atomic E-state index is -0.454. The van der Waals surface area contributed by atoms with Crippen LogP contribution in [0, 0.1) is 5.82 Å². The summed E-state index contributed by atoms with van der Waals surface area (Å²) < 4.78 is 14.8. The van der Waals surface area contributed by atoms with Gasteiger partial charge in [0.25, 0.3) is 11.5 Å². The summed E-state index contributed by atoms with van der Waals surface area (Å²) in [5.74, 6) is -0.767. The number of carbonyl (C=O) groups excluding carboxylic acids is 1. The SMILES string of the molecule is CC[C@H](c1ccc(F)cc1)n1cc(C(=O)Nc2ccc3nc[nH]c(=O)c3c2)nn1. The Hall–Kier alpha value is -3.88. The lowest BCUT2D eigenvalue weighted by Gasteiger charge is -2.15. The Morgan fingerprint density at radius 3 is 2.79 bits per heavy atom. The highest BCUT2D eigenvalue weighted by Gasteiger charge is 2.17. The lowest BCUT2D eigenvalue weighted by molar-refractivity contribution is 0.102. The lowest BCUT2D eigenvalue weighted by atomic mass is 10.0. The van der Waals surface area contributed by atoms with Crippen LogP contribution in [0.25, 0.3) is 10.9 Å². The largest absolute Gasteiger partial charge is 0.321 e. The van der Waals surface area contributed by atoms with E-state index >= 15 is 0 Å². The summed E-state index contributed by atoms with van der Waals surface area (Å²) in [6, 6.07) is 10.8. The van der Waals surface area contributed by atoms with Crippen LogP contribution in [-0.4, -0.2) is 30.9 Å². The minimum Gasteiger partial charge on any atom is -0.321 e. The van der Waals surface area contributed by atoms with Crippen LogP contribution in [0.1, 0.15) is 35.4 Å². The van der Waals surface area contributed by atoms with Gasteiger partial charge in [-0.15, -0.1) is 5.10 Å². The summed E-state index contributed by atoms with van der Waals surface area (Å²) >= 11 is 0. The number of aromatic amines is 1. The molecule has 0 aliphatic carbocycles. The Bertz CT molecular complexity index is 1230. The zero-order valence-electron chi connectivity index (χ0n) is 15.5. The molecule has 0 aliphatic heterocycles. The van der Waals surface area contributed by atoms with Crippen LogP contribution in [0.4, 0.5) is 10.1 Å². The van der Waals surface area contributed by atoms with Crippen LogP contribution in [0.3, 0.4) is 0 Å². The van der Waals surface area contributed by atoms with Crippen LogP contribution in [0.2, 0.25) is 0 Å². The van der Waals surface area contributed by atoms with Crippen LogP contribution in [0.5, 0.6) is 0 Å². The molecule has 2 heterocycles. The molecule has 8 nitrogen and oxygen atoms in total. The second-order valence-corrected chi connectivity index (χ2v) is 6.48. The van der Waals surface area contributed by atoms with Gasteiger partial charge in [0.15, 0.2) is 5.69 Å². The molecule has 0 bridgehead atoms. The smallest absolute Gasteiger partial charge is 0.277 e. The van der Waals surface area contributed by atoms with Crippen LogP contribution in [0.15, 0.2) is 59.8 Å². The number of nitrogens with one attached hydrogen (secondary N) is 2. The van der Waals surface area contributed by atoms with Crippen LogP contribution < -0.4 is 10.9 Å². The van der Waals surface area contributed by atoms with E-state index in [0.29, 0.717) is 23.0 Å². The van der Waals surface area contributed by atoms with Gasteiger partial charge in [-0.1, -0.05) is 24.3 Å². The molecule has 1 amide bonds. The molecule has 4 aromatic rings. The summed E-state index contributed by atoms with van der Waals surface area (Å²) in [6.07, 6.45) is 3.56. The maximum Gasteiger partial charge on any atom is 0.277 e. The normalized spacial score (nSPS) is 12.1. The van der Waals surface area contributed by atoms with Crippen molar-refractivity contribution in [2.45, 2.75) is 19.4 Å². The van der Waals surface area contributed by atoms with Gasteiger partial charge in [-0.05, 0) is 42.3 Å². The van der Waals surface area contributed by atoms with Gasteiger partial charge in [-0.3, -0.25) is 9.59 Å². The molecule has 0 spiro atoms. The first-order valence-electron chi connectivity index (χ1n) is 9.01. The van der Waals surface area contributed by atoms with E-state index in [1.807, 2.05) is 6.92 Å². The summed E-state index contributed by atoms with van der Waals surface area (Å²) in [5.41, 5.74) is 1.68. The van der Waals surface area contributed by atoms with Gasteiger partial charge in [0.1, 0.15) is 5.82 Å². The third kappa shape index (κ3) is 3.75. The predicted molar refractivity (Wildman–Crippen MR) is 105 cm³/mol. The fraction of sp³-hybridized carbons (Fsp3) is 0.150. The molecular formula is C20H17FN6O2. The number of aromatic nitrogens is 5. The van der Waals surface area contributed by atoms with Crippen molar-refractivity contribution in [2.75, 3.05) is 5.32 Å². The van der Waals surface area contributed by atoms with Crippen molar-refractivity contribution in [2.24, 2.45) is 0 Å². The Kier molecular flexibility index (Phi) is 4.86. The van der Waals surface area contributed by atoms with Gasteiger partial charge in [0.2, 0.25) is 0 Å². The molecule has 4 rings (SSSR count). The maximum absolute atomic E-state index is 13.2. The molecule has 2 aromatic heterocycles. The molecule has 1 atom stereocenters. The van der Waals surface area contributed by atoms with Crippen LogP contribution in [-0.2, 0) is 0 Å². The average molecular weight is 392 g/mol. The second-order valence-electron chi connectivity index (χ2n) is 6.48. The zero-order chi connectivity index (χ0) is 20.4. The first kappa shape index (κ1) is 18.5. The standard InChI is InChI=1S/C20H17FN6O2/c1-2-18(12-3-5-13(21)6-4-12)27-10-17(25-26-27)20(29)24-14-7-8-16-15(9-14)19(28)23-11-22-16/h3-11,18H,2H2,1H3,(H,24,29)(H,22,23,28)/t18-/m1/s1. The molecule has 29 heavy (non-hydrogen) atoms. The lowest BCUT2D eigenvalue weighted by Crippen LogP contribution is -2.14. The number of carbonyl (C=O) groups is 1. The molecule has 9 heteroatoms. The van der Waals surface area contributed by atoms with E-state index in [-0.39, 0.29) is 23.1 Å². The number of hydrogen-bond acceptors (Lipinski definition) is 5. The maximum atomic E-state index is 13.2. The monoisotopic (exact) mass is 392 g/mol. The summed E-state index contributed by atoms with van der Waals surface area (Å²) in [4.78, 5) is 31.0. The first-order valence-corrected chi connectivity index (χ1v) is 9.01. The second kappa shape index (κ2) is 7.63. The predicted octanol–water partition coefficient (Wildman–Crippen LogP) is 2.91. The van der Waals surface area contributed by atoms with Gasteiger partial charge in [-0.2, -0.15) is 0 Å². The molecule has 0 fully saturated rings. The van der Waals surface area contributed by atoms with Gasteiger partial charge in [0.05, 0.1) is 29.5 Å². The number of halogens is 1. The van der Waals surface area contributed by atoms with E-state index in [2.05, 4.69) is 25.6 Å². The number of fused-ring (bicyclic) bond motifs is 1. The van der Waals surface area contributed by atoms with Crippen molar-refractivity contribution in [3.63, 3.8) is 0 Å². The van der Waals surface area contributed by atoms with E-state index < -0.39 is 5.91 Å². The summed E-state index contributed by atoms with van der Waals surface area (Å²) in [7, 11) is 0.